The topological polar surface area (TPSA) is 29.5 Å². The van der Waals surface area contributed by atoms with Crippen LogP contribution in [0.25, 0.3) is 0 Å². The number of aliphatic hydroxyl groups excluding tert-OH is 1. The highest BCUT2D eigenvalue weighted by Gasteiger charge is 2.06. The van der Waals surface area contributed by atoms with Crippen LogP contribution >= 0.6 is 0 Å². The van der Waals surface area contributed by atoms with E-state index in [1.165, 1.54) is 7.11 Å². The van der Waals surface area contributed by atoms with E-state index in [9.17, 15) is 9.50 Å². The Balaban J connectivity index is 3.05. The van der Waals surface area contributed by atoms with E-state index < -0.39 is 12.8 Å². The van der Waals surface area contributed by atoms with Gasteiger partial charge < -0.3 is 9.84 Å². The lowest BCUT2D eigenvalue weighted by molar-refractivity contribution is 0.199. The first kappa shape index (κ1) is 9.99. The van der Waals surface area contributed by atoms with Crippen LogP contribution in [-0.2, 0) is 6.67 Å². The van der Waals surface area contributed by atoms with Crippen molar-refractivity contribution in [3.05, 3.63) is 29.3 Å². The number of benzene rings is 1. The summed E-state index contributed by atoms with van der Waals surface area (Å²) in [4.78, 5) is 0. The van der Waals surface area contributed by atoms with Crippen molar-refractivity contribution in [3.63, 3.8) is 0 Å². The molecule has 3 heteroatoms. The average molecular weight is 184 g/mol. The first-order valence-corrected chi connectivity index (χ1v) is 4.10. The summed E-state index contributed by atoms with van der Waals surface area (Å²) in [7, 11) is 1.50. The molecule has 0 heterocycles. The number of aliphatic hydroxyl groups is 1. The first-order valence-electron chi connectivity index (χ1n) is 4.10. The van der Waals surface area contributed by atoms with Gasteiger partial charge in [0, 0.05) is 5.56 Å². The molecule has 0 bridgehead atoms. The molecule has 72 valence electrons. The molecular formula is C10H13FO2. The average Bonchev–Trinajstić information content (AvgIpc) is 2.16. The highest BCUT2D eigenvalue weighted by atomic mass is 19.1. The Labute approximate surface area is 77.0 Å². The fourth-order valence-corrected chi connectivity index (χ4v) is 1.16. The summed E-state index contributed by atoms with van der Waals surface area (Å²) in [5.41, 5.74) is 1.18. The predicted molar refractivity (Wildman–Crippen MR) is 48.4 cm³/mol. The van der Waals surface area contributed by atoms with Gasteiger partial charge in [0.05, 0.1) is 13.2 Å². The molecule has 0 spiro atoms. The Bertz CT molecular complexity index is 284. The molecule has 1 rings (SSSR count). The standard InChI is InChI=1S/C10H13FO2/c1-7(12)8-3-4-10(13-2)9(5-8)6-11/h3-5,7,12H,6H2,1-2H3. The van der Waals surface area contributed by atoms with Crippen molar-refractivity contribution in [2.45, 2.75) is 19.7 Å². The van der Waals surface area contributed by atoms with Gasteiger partial charge in [-0.2, -0.15) is 0 Å². The lowest BCUT2D eigenvalue weighted by Crippen LogP contribution is -1.95. The largest absolute Gasteiger partial charge is 0.496 e. The molecule has 0 aliphatic carbocycles. The predicted octanol–water partition coefficient (Wildman–Crippen LogP) is 2.22. The molecule has 0 aliphatic heterocycles. The summed E-state index contributed by atoms with van der Waals surface area (Å²) in [6.45, 7) is 1.06. The summed E-state index contributed by atoms with van der Waals surface area (Å²) in [5.74, 6) is 0.520. The molecule has 0 amide bonds. The summed E-state index contributed by atoms with van der Waals surface area (Å²) in [6, 6.07) is 5.00. The molecule has 1 aromatic rings. The van der Waals surface area contributed by atoms with Gasteiger partial charge in [0.2, 0.25) is 0 Å². The van der Waals surface area contributed by atoms with E-state index in [1.54, 1.807) is 25.1 Å². The lowest BCUT2D eigenvalue weighted by Gasteiger charge is -2.09. The van der Waals surface area contributed by atoms with Gasteiger partial charge in [-0.15, -0.1) is 0 Å². The molecule has 0 saturated carbocycles. The second-order valence-corrected chi connectivity index (χ2v) is 2.88. The minimum atomic E-state index is -0.580. The van der Waals surface area contributed by atoms with Crippen molar-refractivity contribution < 1.29 is 14.2 Å². The van der Waals surface area contributed by atoms with Gasteiger partial charge >= 0.3 is 0 Å². The molecule has 0 aromatic heterocycles. The number of alkyl halides is 1. The molecule has 0 fully saturated rings. The minimum Gasteiger partial charge on any atom is -0.496 e. The van der Waals surface area contributed by atoms with Gasteiger partial charge in [-0.05, 0) is 24.6 Å². The highest BCUT2D eigenvalue weighted by molar-refractivity contribution is 5.37. The smallest absolute Gasteiger partial charge is 0.124 e. The third kappa shape index (κ3) is 2.18. The van der Waals surface area contributed by atoms with E-state index in [2.05, 4.69) is 0 Å². The molecule has 1 unspecified atom stereocenters. The van der Waals surface area contributed by atoms with E-state index >= 15 is 0 Å². The van der Waals surface area contributed by atoms with Gasteiger partial charge in [0.15, 0.2) is 0 Å². The zero-order chi connectivity index (χ0) is 9.84. The van der Waals surface area contributed by atoms with E-state index in [-0.39, 0.29) is 0 Å². The number of hydrogen-bond acceptors (Lipinski definition) is 2. The van der Waals surface area contributed by atoms with Crippen molar-refractivity contribution in [2.24, 2.45) is 0 Å². The third-order valence-corrected chi connectivity index (χ3v) is 1.93. The third-order valence-electron chi connectivity index (χ3n) is 1.93. The van der Waals surface area contributed by atoms with Crippen molar-refractivity contribution in [1.82, 2.24) is 0 Å². The van der Waals surface area contributed by atoms with E-state index in [0.29, 0.717) is 16.9 Å². The zero-order valence-electron chi connectivity index (χ0n) is 7.75. The maximum absolute atomic E-state index is 12.5. The lowest BCUT2D eigenvalue weighted by atomic mass is 10.1. The minimum absolute atomic E-state index is 0.473. The Hall–Kier alpha value is -1.09. The monoisotopic (exact) mass is 184 g/mol. The fourth-order valence-electron chi connectivity index (χ4n) is 1.16. The molecule has 1 aromatic carbocycles. The fraction of sp³-hybridized carbons (Fsp3) is 0.400. The molecule has 0 radical (unpaired) electrons. The van der Waals surface area contributed by atoms with Crippen molar-refractivity contribution in [1.29, 1.82) is 0 Å². The first-order chi connectivity index (χ1) is 6.19. The molecule has 0 aliphatic rings. The molecule has 2 nitrogen and oxygen atoms in total. The number of methoxy groups -OCH3 is 1. The van der Waals surface area contributed by atoms with Crippen LogP contribution in [0.5, 0.6) is 5.75 Å². The Morgan fingerprint density at radius 2 is 2.23 bits per heavy atom. The summed E-state index contributed by atoms with van der Waals surface area (Å²) < 4.78 is 17.4. The van der Waals surface area contributed by atoms with Crippen LogP contribution in [0.3, 0.4) is 0 Å². The van der Waals surface area contributed by atoms with Crippen LogP contribution in [0.1, 0.15) is 24.2 Å². The van der Waals surface area contributed by atoms with E-state index in [1.807, 2.05) is 0 Å². The maximum Gasteiger partial charge on any atom is 0.124 e. The number of hydrogen-bond donors (Lipinski definition) is 1. The van der Waals surface area contributed by atoms with Crippen molar-refractivity contribution in [3.8, 4) is 5.75 Å². The number of halogens is 1. The summed E-state index contributed by atoms with van der Waals surface area (Å²) in [5, 5.41) is 9.24. The van der Waals surface area contributed by atoms with Crippen LogP contribution in [0.4, 0.5) is 4.39 Å². The Morgan fingerprint density at radius 1 is 1.54 bits per heavy atom. The van der Waals surface area contributed by atoms with Gasteiger partial charge in [-0.25, -0.2) is 4.39 Å². The maximum atomic E-state index is 12.5. The van der Waals surface area contributed by atoms with Gasteiger partial charge in [-0.3, -0.25) is 0 Å². The molecule has 0 saturated heterocycles. The normalized spacial score (nSPS) is 12.6. The zero-order valence-corrected chi connectivity index (χ0v) is 7.75. The Kier molecular flexibility index (Phi) is 3.25. The summed E-state index contributed by atoms with van der Waals surface area (Å²) >= 11 is 0. The van der Waals surface area contributed by atoms with Crippen LogP contribution in [0.2, 0.25) is 0 Å². The van der Waals surface area contributed by atoms with Crippen LogP contribution in [0.15, 0.2) is 18.2 Å². The van der Waals surface area contributed by atoms with E-state index in [4.69, 9.17) is 4.74 Å². The molecular weight excluding hydrogens is 171 g/mol. The number of rotatable bonds is 3. The van der Waals surface area contributed by atoms with Crippen LogP contribution in [0, 0.1) is 0 Å². The highest BCUT2D eigenvalue weighted by Crippen LogP contribution is 2.23. The molecule has 13 heavy (non-hydrogen) atoms. The second kappa shape index (κ2) is 4.23. The van der Waals surface area contributed by atoms with Gasteiger partial charge in [-0.1, -0.05) is 6.07 Å². The summed E-state index contributed by atoms with van der Waals surface area (Å²) in [6.07, 6.45) is -0.573. The molecule has 1 N–H and O–H groups in total. The quantitative estimate of drug-likeness (QED) is 0.780. The SMILES string of the molecule is COc1ccc(C(C)O)cc1CF. The van der Waals surface area contributed by atoms with Crippen molar-refractivity contribution in [2.75, 3.05) is 7.11 Å². The van der Waals surface area contributed by atoms with Crippen LogP contribution < -0.4 is 4.74 Å². The van der Waals surface area contributed by atoms with Gasteiger partial charge in [0.25, 0.3) is 0 Å². The second-order valence-electron chi connectivity index (χ2n) is 2.88. The number of ether oxygens (including phenoxy) is 1. The van der Waals surface area contributed by atoms with Gasteiger partial charge in [0.1, 0.15) is 12.4 Å². The van der Waals surface area contributed by atoms with Crippen molar-refractivity contribution >= 4 is 0 Å². The molecule has 1 atom stereocenters. The van der Waals surface area contributed by atoms with E-state index in [0.717, 1.165) is 0 Å². The Morgan fingerprint density at radius 3 is 2.69 bits per heavy atom. The van der Waals surface area contributed by atoms with Crippen LogP contribution in [-0.4, -0.2) is 12.2 Å².